The Labute approximate surface area is 318 Å². The first kappa shape index (κ1) is 44.9. The molecule has 4 aliphatic carbocycles. The van der Waals surface area contributed by atoms with Gasteiger partial charge in [0.1, 0.15) is 13.2 Å². The van der Waals surface area contributed by atoms with Crippen LogP contribution in [0.2, 0.25) is 0 Å². The molecular weight excluding hydrogens is 676 g/mol. The van der Waals surface area contributed by atoms with Crippen LogP contribution in [0.3, 0.4) is 0 Å². The Hall–Kier alpha value is -2.53. The molecule has 0 aliphatic heterocycles. The monoisotopic (exact) mass is 746 g/mol. The fourth-order valence-electron chi connectivity index (χ4n) is 7.81. The molecule has 302 valence electrons. The molecule has 53 heavy (non-hydrogen) atoms. The summed E-state index contributed by atoms with van der Waals surface area (Å²) in [6.07, 6.45) is 13.1. The van der Waals surface area contributed by atoms with Crippen molar-refractivity contribution in [1.29, 1.82) is 0 Å². The van der Waals surface area contributed by atoms with Gasteiger partial charge in [-0.3, -0.25) is 14.4 Å². The van der Waals surface area contributed by atoms with Crippen LogP contribution in [0.15, 0.2) is 24.3 Å². The quantitative estimate of drug-likeness (QED) is 0.137. The lowest BCUT2D eigenvalue weighted by atomic mass is 9.77. The van der Waals surface area contributed by atoms with Gasteiger partial charge in [-0.05, 0) is 138 Å². The van der Waals surface area contributed by atoms with E-state index in [-0.39, 0.29) is 67.2 Å². The third-order valence-corrected chi connectivity index (χ3v) is 11.7. The lowest BCUT2D eigenvalue weighted by Gasteiger charge is -2.31. The van der Waals surface area contributed by atoms with Crippen LogP contribution in [-0.2, 0) is 35.2 Å². The van der Waals surface area contributed by atoms with Gasteiger partial charge in [0.25, 0.3) is 0 Å². The van der Waals surface area contributed by atoms with Gasteiger partial charge >= 0.3 is 17.9 Å². The summed E-state index contributed by atoms with van der Waals surface area (Å²) in [6.45, 7) is 9.85. The largest absolute Gasteiger partial charge is 0.465 e. The highest BCUT2D eigenvalue weighted by atomic mass is 16.5. The van der Waals surface area contributed by atoms with Crippen LogP contribution in [0.4, 0.5) is 0 Å². The highest BCUT2D eigenvalue weighted by Gasteiger charge is 2.29. The van der Waals surface area contributed by atoms with Crippen molar-refractivity contribution in [3.8, 4) is 0 Å². The van der Waals surface area contributed by atoms with Crippen molar-refractivity contribution in [2.75, 3.05) is 19.8 Å². The van der Waals surface area contributed by atoms with Gasteiger partial charge in [-0.25, -0.2) is 0 Å². The molecule has 1 aromatic carbocycles. The number of hydrogen-bond acceptors (Lipinski definition) is 10. The molecule has 4 aliphatic rings. The molecule has 0 unspecified atom stereocenters. The predicted octanol–water partition coefficient (Wildman–Crippen LogP) is 7.02. The van der Waals surface area contributed by atoms with Gasteiger partial charge in [0, 0.05) is 0 Å². The molecular formula is C43H70O10. The maximum Gasteiger partial charge on any atom is 0.309 e. The van der Waals surface area contributed by atoms with Crippen molar-refractivity contribution in [2.45, 2.75) is 161 Å². The zero-order valence-corrected chi connectivity index (χ0v) is 33.0. The first-order chi connectivity index (χ1) is 25.4. The molecule has 0 spiro atoms. The average molecular weight is 747 g/mol. The lowest BCUT2D eigenvalue weighted by molar-refractivity contribution is -0.152. The van der Waals surface area contributed by atoms with E-state index in [1.165, 1.54) is 31.2 Å². The van der Waals surface area contributed by atoms with E-state index < -0.39 is 0 Å². The number of esters is 3. The molecule has 0 bridgehead atoms. The summed E-state index contributed by atoms with van der Waals surface area (Å²) in [5, 5.41) is 36.5. The van der Waals surface area contributed by atoms with E-state index in [0.29, 0.717) is 63.6 Å². The minimum atomic E-state index is -0.248. The van der Waals surface area contributed by atoms with E-state index in [1.54, 1.807) is 0 Å². The fourth-order valence-corrected chi connectivity index (χ4v) is 7.81. The zero-order valence-electron chi connectivity index (χ0n) is 33.0. The summed E-state index contributed by atoms with van der Waals surface area (Å²) >= 11 is 0. The van der Waals surface area contributed by atoms with E-state index >= 15 is 0 Å². The first-order valence-corrected chi connectivity index (χ1v) is 20.6. The normalized spacial score (nSPS) is 28.8. The smallest absolute Gasteiger partial charge is 0.309 e. The number of rotatable bonds is 11. The summed E-state index contributed by atoms with van der Waals surface area (Å²) in [4.78, 5) is 35.2. The number of benzene rings is 1. The average Bonchev–Trinajstić information content (AvgIpc) is 3.16. The Kier molecular flexibility index (Phi) is 20.4. The summed E-state index contributed by atoms with van der Waals surface area (Å²) < 4.78 is 15.7. The number of aliphatic hydroxyl groups excluding tert-OH is 4. The minimum absolute atomic E-state index is 0.0251. The van der Waals surface area contributed by atoms with Crippen LogP contribution < -0.4 is 0 Å². The molecule has 0 radical (unpaired) electrons. The highest BCUT2D eigenvalue weighted by molar-refractivity contribution is 5.73. The molecule has 0 amide bonds. The van der Waals surface area contributed by atoms with E-state index in [2.05, 4.69) is 39.8 Å². The maximum atomic E-state index is 12.0. The van der Waals surface area contributed by atoms with Crippen LogP contribution in [0.5, 0.6) is 0 Å². The first-order valence-electron chi connectivity index (χ1n) is 20.6. The summed E-state index contributed by atoms with van der Waals surface area (Å²) in [5.41, 5.74) is 2.32. The van der Waals surface area contributed by atoms with Crippen LogP contribution >= 0.6 is 0 Å². The number of carbonyl (C=O) groups is 3. The molecule has 0 saturated heterocycles. The van der Waals surface area contributed by atoms with Crippen molar-refractivity contribution in [1.82, 2.24) is 0 Å². The SMILES string of the molecule is CC(C)C1CCC(COC(=O)C2CCC(O)CC2)CC1.CC(C)c1ccc(COC(=O)C2CCC(O)CC2)cc1.O=C(OCCO)C1CCC(O)CC1. The maximum absolute atomic E-state index is 12.0. The van der Waals surface area contributed by atoms with Crippen molar-refractivity contribution in [2.24, 2.45) is 35.5 Å². The highest BCUT2D eigenvalue weighted by Crippen LogP contribution is 2.34. The van der Waals surface area contributed by atoms with Crippen molar-refractivity contribution in [3.63, 3.8) is 0 Å². The van der Waals surface area contributed by atoms with E-state index in [9.17, 15) is 29.7 Å². The molecule has 0 atom stereocenters. The third kappa shape index (κ3) is 16.8. The lowest BCUT2D eigenvalue weighted by Crippen LogP contribution is -2.28. The standard InChI is InChI=1S/C17H30O3.C17H24O3.C9H16O4/c2*1-12(2)14-5-3-13(4-6-14)11-20-17(19)15-7-9-16(18)10-8-15;10-5-6-13-9(12)7-1-3-8(11)4-2-7/h12-16,18H,3-11H2,1-2H3;3-6,12,15-16,18H,7-11H2,1-2H3;7-8,10-11H,1-6H2. The molecule has 1 aromatic rings. The molecule has 4 saturated carbocycles. The molecule has 4 fully saturated rings. The van der Waals surface area contributed by atoms with Gasteiger partial charge in [-0.15, -0.1) is 0 Å². The minimum Gasteiger partial charge on any atom is -0.465 e. The van der Waals surface area contributed by atoms with Crippen LogP contribution in [0.25, 0.3) is 0 Å². The van der Waals surface area contributed by atoms with E-state index in [1.807, 2.05) is 12.1 Å². The van der Waals surface area contributed by atoms with Crippen molar-refractivity contribution in [3.05, 3.63) is 35.4 Å². The van der Waals surface area contributed by atoms with Crippen molar-refractivity contribution < 1.29 is 49.0 Å². The molecule has 4 N–H and O–H groups in total. The zero-order chi connectivity index (χ0) is 38.8. The van der Waals surface area contributed by atoms with Gasteiger partial charge in [0.2, 0.25) is 0 Å². The number of carbonyl (C=O) groups excluding carboxylic acids is 3. The van der Waals surface area contributed by atoms with E-state index in [4.69, 9.17) is 19.3 Å². The summed E-state index contributed by atoms with van der Waals surface area (Å²) in [6, 6.07) is 8.22. The van der Waals surface area contributed by atoms with Crippen LogP contribution in [-0.4, -0.2) is 76.5 Å². The molecule has 5 rings (SSSR count). The van der Waals surface area contributed by atoms with Gasteiger partial charge in [0.05, 0.1) is 49.3 Å². The number of ether oxygens (including phenoxy) is 3. The van der Waals surface area contributed by atoms with Gasteiger partial charge in [-0.1, -0.05) is 52.0 Å². The Morgan fingerprint density at radius 2 is 1.00 bits per heavy atom. The Morgan fingerprint density at radius 3 is 1.40 bits per heavy atom. The van der Waals surface area contributed by atoms with Crippen molar-refractivity contribution >= 4 is 17.9 Å². The van der Waals surface area contributed by atoms with E-state index in [0.717, 1.165) is 55.9 Å². The second-order valence-electron chi connectivity index (χ2n) is 16.6. The fraction of sp³-hybridized carbons (Fsp3) is 0.791. The molecule has 10 heteroatoms. The Balaban J connectivity index is 0.000000220. The van der Waals surface area contributed by atoms with Crippen LogP contribution in [0.1, 0.15) is 147 Å². The third-order valence-electron chi connectivity index (χ3n) is 11.7. The molecule has 10 nitrogen and oxygen atoms in total. The molecule has 0 heterocycles. The number of hydrogen-bond donors (Lipinski definition) is 4. The van der Waals surface area contributed by atoms with Gasteiger partial charge < -0.3 is 34.6 Å². The Morgan fingerprint density at radius 1 is 0.585 bits per heavy atom. The summed E-state index contributed by atoms with van der Waals surface area (Å²) in [7, 11) is 0. The Bertz CT molecular complexity index is 1170. The predicted molar refractivity (Wildman–Crippen MR) is 204 cm³/mol. The topological polar surface area (TPSA) is 160 Å². The van der Waals surface area contributed by atoms with Gasteiger partial charge in [-0.2, -0.15) is 0 Å². The second kappa shape index (κ2) is 24.1. The van der Waals surface area contributed by atoms with Gasteiger partial charge in [0.15, 0.2) is 0 Å². The summed E-state index contributed by atoms with van der Waals surface area (Å²) in [5.74, 6) is 2.28. The van der Waals surface area contributed by atoms with Crippen LogP contribution in [0, 0.1) is 35.5 Å². The molecule has 0 aromatic heterocycles. The second-order valence-corrected chi connectivity index (χ2v) is 16.6. The number of aliphatic hydroxyl groups is 4.